The minimum atomic E-state index is -1.14. The molecule has 1 aromatic heterocycles. The Morgan fingerprint density at radius 3 is 2.48 bits per heavy atom. The number of benzene rings is 1. The molecule has 0 aliphatic carbocycles. The molecule has 0 unspecified atom stereocenters. The zero-order valence-electron chi connectivity index (χ0n) is 10.1. The van der Waals surface area contributed by atoms with Gasteiger partial charge in [0.2, 0.25) is 11.6 Å². The van der Waals surface area contributed by atoms with Crippen LogP contribution in [0.15, 0.2) is 30.5 Å². The quantitative estimate of drug-likeness (QED) is 0.676. The smallest absolute Gasteiger partial charge is 0.337 e. The second-order valence-corrected chi connectivity index (χ2v) is 4.60. The van der Waals surface area contributed by atoms with Crippen LogP contribution in [0.3, 0.4) is 0 Å². The summed E-state index contributed by atoms with van der Waals surface area (Å²) >= 11 is 11.5. The molecule has 7 nitrogen and oxygen atoms in total. The summed E-state index contributed by atoms with van der Waals surface area (Å²) in [5.74, 6) is -1.30. The number of nitrogens with zero attached hydrogens (tertiary/aromatic N) is 2. The molecule has 1 heterocycles. The Labute approximate surface area is 127 Å². The Morgan fingerprint density at radius 2 is 1.95 bits per heavy atom. The van der Waals surface area contributed by atoms with Crippen molar-refractivity contribution in [1.29, 1.82) is 0 Å². The van der Waals surface area contributed by atoms with Gasteiger partial charge in [0.1, 0.15) is 0 Å². The van der Waals surface area contributed by atoms with E-state index in [1.54, 1.807) is 0 Å². The van der Waals surface area contributed by atoms with Gasteiger partial charge in [-0.1, -0.05) is 23.2 Å². The lowest BCUT2D eigenvalue weighted by Crippen LogP contribution is -1.98. The number of carboxylic acid groups (broad SMARTS) is 1. The van der Waals surface area contributed by atoms with Gasteiger partial charge in [0.25, 0.3) is 0 Å². The molecule has 1 N–H and O–H groups in total. The van der Waals surface area contributed by atoms with Gasteiger partial charge in [-0.15, -0.1) is 0 Å². The molecule has 0 bridgehead atoms. The highest BCUT2D eigenvalue weighted by Crippen LogP contribution is 2.37. The van der Waals surface area contributed by atoms with Crippen molar-refractivity contribution in [2.75, 3.05) is 0 Å². The third-order valence-electron chi connectivity index (χ3n) is 2.40. The Hall–Kier alpha value is -2.38. The van der Waals surface area contributed by atoms with Crippen molar-refractivity contribution in [2.45, 2.75) is 0 Å². The van der Waals surface area contributed by atoms with Crippen LogP contribution >= 0.6 is 23.2 Å². The number of ether oxygens (including phenoxy) is 1. The number of rotatable bonds is 4. The molecule has 1 aromatic carbocycles. The normalized spacial score (nSPS) is 10.2. The zero-order chi connectivity index (χ0) is 15.6. The number of nitro benzene ring substituents is 1. The Kier molecular flexibility index (Phi) is 4.25. The van der Waals surface area contributed by atoms with E-state index in [4.69, 9.17) is 33.0 Å². The Bertz CT molecular complexity index is 718. The van der Waals surface area contributed by atoms with E-state index in [2.05, 4.69) is 4.98 Å². The van der Waals surface area contributed by atoms with Crippen molar-refractivity contribution in [3.8, 4) is 11.6 Å². The Morgan fingerprint density at radius 1 is 1.29 bits per heavy atom. The standard InChI is InChI=1S/C12H6Cl2N2O5/c13-7-3-9(16(19)20)10(4-8(7)14)21-11-2-1-6(5-15-11)12(17)18/h1-5H,(H,17,18). The van der Waals surface area contributed by atoms with Crippen LogP contribution in [-0.4, -0.2) is 21.0 Å². The summed E-state index contributed by atoms with van der Waals surface area (Å²) in [5, 5.41) is 19.8. The molecule has 0 radical (unpaired) electrons. The molecule has 0 aliphatic rings. The molecule has 0 fully saturated rings. The van der Waals surface area contributed by atoms with Crippen molar-refractivity contribution in [2.24, 2.45) is 0 Å². The van der Waals surface area contributed by atoms with Crippen molar-refractivity contribution in [3.05, 3.63) is 56.2 Å². The predicted molar refractivity (Wildman–Crippen MR) is 74.4 cm³/mol. The van der Waals surface area contributed by atoms with Gasteiger partial charge in [0.05, 0.1) is 20.5 Å². The topological polar surface area (TPSA) is 103 Å². The molecular formula is C12H6Cl2N2O5. The number of carboxylic acids is 1. The first kappa shape index (κ1) is 15.0. The fraction of sp³-hybridized carbons (Fsp3) is 0. The van der Waals surface area contributed by atoms with E-state index < -0.39 is 10.9 Å². The number of hydrogen-bond donors (Lipinski definition) is 1. The minimum Gasteiger partial charge on any atom is -0.478 e. The second kappa shape index (κ2) is 5.94. The van der Waals surface area contributed by atoms with Crippen LogP contribution in [0.4, 0.5) is 5.69 Å². The first-order valence-electron chi connectivity index (χ1n) is 5.39. The lowest BCUT2D eigenvalue weighted by atomic mass is 10.3. The molecule has 0 atom stereocenters. The maximum Gasteiger partial charge on any atom is 0.337 e. The lowest BCUT2D eigenvalue weighted by Gasteiger charge is -2.07. The average Bonchev–Trinajstić information content (AvgIpc) is 2.43. The summed E-state index contributed by atoms with van der Waals surface area (Å²) in [7, 11) is 0. The number of pyridine rings is 1. The number of nitro groups is 1. The third kappa shape index (κ3) is 3.39. The van der Waals surface area contributed by atoms with Gasteiger partial charge in [0.15, 0.2) is 0 Å². The fourth-order valence-electron chi connectivity index (χ4n) is 1.42. The summed E-state index contributed by atoms with van der Waals surface area (Å²) in [6.45, 7) is 0. The van der Waals surface area contributed by atoms with Crippen molar-refractivity contribution in [3.63, 3.8) is 0 Å². The fourth-order valence-corrected chi connectivity index (χ4v) is 1.73. The van der Waals surface area contributed by atoms with E-state index in [-0.39, 0.29) is 32.9 Å². The minimum absolute atomic E-state index is 0.0125. The maximum atomic E-state index is 10.9. The molecule has 0 spiro atoms. The van der Waals surface area contributed by atoms with Crippen LogP contribution in [0.25, 0.3) is 0 Å². The number of aromatic carboxylic acids is 1. The number of aromatic nitrogens is 1. The highest BCUT2D eigenvalue weighted by Gasteiger charge is 2.19. The SMILES string of the molecule is O=C(O)c1ccc(Oc2cc(Cl)c(Cl)cc2[N+](=O)[O-])nc1. The van der Waals surface area contributed by atoms with Crippen molar-refractivity contribution in [1.82, 2.24) is 4.98 Å². The molecule has 2 rings (SSSR count). The number of carbonyl (C=O) groups is 1. The first-order chi connectivity index (χ1) is 9.88. The van der Waals surface area contributed by atoms with Crippen molar-refractivity contribution < 1.29 is 19.6 Å². The largest absolute Gasteiger partial charge is 0.478 e. The summed E-state index contributed by atoms with van der Waals surface area (Å²) in [4.78, 5) is 24.7. The molecule has 21 heavy (non-hydrogen) atoms. The zero-order valence-corrected chi connectivity index (χ0v) is 11.6. The van der Waals surface area contributed by atoms with Gasteiger partial charge in [-0.3, -0.25) is 10.1 Å². The summed E-state index contributed by atoms with van der Waals surface area (Å²) in [5.41, 5.74) is -0.417. The van der Waals surface area contributed by atoms with Gasteiger partial charge in [-0.25, -0.2) is 9.78 Å². The van der Waals surface area contributed by atoms with Gasteiger partial charge in [0, 0.05) is 24.4 Å². The van der Waals surface area contributed by atoms with Crippen molar-refractivity contribution >= 4 is 34.9 Å². The van der Waals surface area contributed by atoms with Crippen LogP contribution in [0.2, 0.25) is 10.0 Å². The van der Waals surface area contributed by atoms with Crippen LogP contribution in [0.5, 0.6) is 11.6 Å². The molecule has 2 aromatic rings. The molecule has 0 saturated carbocycles. The highest BCUT2D eigenvalue weighted by atomic mass is 35.5. The van der Waals surface area contributed by atoms with Crippen LogP contribution < -0.4 is 4.74 Å². The van der Waals surface area contributed by atoms with E-state index >= 15 is 0 Å². The lowest BCUT2D eigenvalue weighted by molar-refractivity contribution is -0.385. The second-order valence-electron chi connectivity index (χ2n) is 3.78. The summed E-state index contributed by atoms with van der Waals surface area (Å²) in [6.07, 6.45) is 1.07. The first-order valence-corrected chi connectivity index (χ1v) is 6.14. The molecule has 0 saturated heterocycles. The van der Waals surface area contributed by atoms with E-state index in [1.807, 2.05) is 0 Å². The monoisotopic (exact) mass is 328 g/mol. The summed E-state index contributed by atoms with van der Waals surface area (Å²) < 4.78 is 5.25. The van der Waals surface area contributed by atoms with Crippen LogP contribution in [0, 0.1) is 10.1 Å². The third-order valence-corrected chi connectivity index (χ3v) is 3.12. The maximum absolute atomic E-state index is 10.9. The van der Waals surface area contributed by atoms with Crippen LogP contribution in [0.1, 0.15) is 10.4 Å². The number of halogens is 2. The van der Waals surface area contributed by atoms with E-state index in [0.717, 1.165) is 12.3 Å². The average molecular weight is 329 g/mol. The number of hydrogen-bond acceptors (Lipinski definition) is 5. The predicted octanol–water partition coefficient (Wildman–Crippen LogP) is 3.79. The van der Waals surface area contributed by atoms with E-state index in [1.165, 1.54) is 18.2 Å². The van der Waals surface area contributed by atoms with Gasteiger partial charge in [-0.05, 0) is 6.07 Å². The van der Waals surface area contributed by atoms with Gasteiger partial charge < -0.3 is 9.84 Å². The molecule has 0 aliphatic heterocycles. The molecular weight excluding hydrogens is 323 g/mol. The van der Waals surface area contributed by atoms with E-state index in [9.17, 15) is 14.9 Å². The Balaban J connectivity index is 2.36. The van der Waals surface area contributed by atoms with E-state index in [0.29, 0.717) is 0 Å². The molecule has 108 valence electrons. The highest BCUT2D eigenvalue weighted by molar-refractivity contribution is 6.42. The van der Waals surface area contributed by atoms with Gasteiger partial charge >= 0.3 is 11.7 Å². The van der Waals surface area contributed by atoms with Gasteiger partial charge in [-0.2, -0.15) is 0 Å². The summed E-state index contributed by atoms with van der Waals surface area (Å²) in [6, 6.07) is 4.78. The molecule has 9 heteroatoms. The van der Waals surface area contributed by atoms with Crippen LogP contribution in [-0.2, 0) is 0 Å². The molecule has 0 amide bonds.